The number of rotatable bonds is 4. The number of aliphatic imine (C=N–C) groups is 1. The van der Waals surface area contributed by atoms with Gasteiger partial charge in [0.2, 0.25) is 0 Å². The van der Waals surface area contributed by atoms with Gasteiger partial charge in [0.1, 0.15) is 17.2 Å². The summed E-state index contributed by atoms with van der Waals surface area (Å²) in [5.74, 6) is 1.00. The Morgan fingerprint density at radius 2 is 1.84 bits per heavy atom. The fourth-order valence-electron chi connectivity index (χ4n) is 2.55. The van der Waals surface area contributed by atoms with Crippen molar-refractivity contribution < 1.29 is 9.84 Å². The number of aryl methyl sites for hydroxylation is 1. The van der Waals surface area contributed by atoms with Crippen LogP contribution in [0.2, 0.25) is 0 Å². The predicted octanol–water partition coefficient (Wildman–Crippen LogP) is 6.30. The average Bonchev–Trinajstić information content (AvgIpc) is 2.48. The maximum absolute atomic E-state index is 10.6. The molecule has 25 heavy (non-hydrogen) atoms. The van der Waals surface area contributed by atoms with E-state index >= 15 is 0 Å². The number of halogens is 1. The Kier molecular flexibility index (Phi) is 5.94. The van der Waals surface area contributed by atoms with Crippen LogP contribution in [0.5, 0.6) is 11.5 Å². The molecule has 134 valence electrons. The maximum Gasteiger partial charge on any atom is 0.144 e. The molecule has 0 fully saturated rings. The van der Waals surface area contributed by atoms with Crippen LogP contribution in [0.25, 0.3) is 0 Å². The van der Waals surface area contributed by atoms with Crippen molar-refractivity contribution in [1.82, 2.24) is 0 Å². The molecule has 0 spiro atoms. The normalized spacial score (nSPS) is 12.2. The lowest BCUT2D eigenvalue weighted by Crippen LogP contribution is -2.11. The summed E-state index contributed by atoms with van der Waals surface area (Å²) in [4.78, 5) is 4.54. The van der Waals surface area contributed by atoms with E-state index in [-0.39, 0.29) is 17.3 Å². The van der Waals surface area contributed by atoms with Gasteiger partial charge in [-0.15, -0.1) is 0 Å². The standard InChI is InChI=1S/C21H26BrNO2/c1-13(2)25-19-8-7-16(22)11-15(19)12-23-18-10-14(3)9-17(20(18)24)21(4,5)6/h7-13,24H,1-6H3. The van der Waals surface area contributed by atoms with Gasteiger partial charge in [0.25, 0.3) is 0 Å². The van der Waals surface area contributed by atoms with Crippen molar-refractivity contribution in [2.24, 2.45) is 4.99 Å². The summed E-state index contributed by atoms with van der Waals surface area (Å²) >= 11 is 3.49. The molecule has 4 heteroatoms. The summed E-state index contributed by atoms with van der Waals surface area (Å²) < 4.78 is 6.80. The van der Waals surface area contributed by atoms with E-state index < -0.39 is 0 Å². The SMILES string of the molecule is Cc1cc(N=Cc2cc(Br)ccc2OC(C)C)c(O)c(C(C)(C)C)c1. The highest BCUT2D eigenvalue weighted by Gasteiger charge is 2.20. The molecule has 0 aliphatic heterocycles. The van der Waals surface area contributed by atoms with Gasteiger partial charge in [0.15, 0.2) is 0 Å². The van der Waals surface area contributed by atoms with E-state index in [2.05, 4.69) is 41.7 Å². The van der Waals surface area contributed by atoms with Gasteiger partial charge in [0.05, 0.1) is 6.10 Å². The van der Waals surface area contributed by atoms with Crippen molar-refractivity contribution in [3.05, 3.63) is 51.5 Å². The van der Waals surface area contributed by atoms with Crippen molar-refractivity contribution in [2.45, 2.75) is 53.1 Å². The molecule has 2 aromatic rings. The highest BCUT2D eigenvalue weighted by molar-refractivity contribution is 9.10. The number of benzene rings is 2. The molecule has 0 radical (unpaired) electrons. The average molecular weight is 404 g/mol. The third kappa shape index (κ3) is 5.08. The molecule has 0 aliphatic carbocycles. The second-order valence-corrected chi connectivity index (χ2v) is 8.45. The lowest BCUT2D eigenvalue weighted by Gasteiger charge is -2.22. The summed E-state index contributed by atoms with van der Waals surface area (Å²) in [6.45, 7) is 12.2. The maximum atomic E-state index is 10.6. The molecule has 0 saturated carbocycles. The van der Waals surface area contributed by atoms with E-state index in [1.54, 1.807) is 6.21 Å². The zero-order valence-electron chi connectivity index (χ0n) is 15.7. The summed E-state index contributed by atoms with van der Waals surface area (Å²) in [5.41, 5.74) is 3.25. The predicted molar refractivity (Wildman–Crippen MR) is 109 cm³/mol. The third-order valence-corrected chi connectivity index (χ3v) is 4.21. The van der Waals surface area contributed by atoms with Crippen LogP contribution < -0.4 is 4.74 Å². The van der Waals surface area contributed by atoms with Crippen LogP contribution in [-0.2, 0) is 5.41 Å². The monoisotopic (exact) mass is 403 g/mol. The zero-order valence-corrected chi connectivity index (χ0v) is 17.3. The van der Waals surface area contributed by atoms with Crippen LogP contribution in [0.1, 0.15) is 51.3 Å². The lowest BCUT2D eigenvalue weighted by atomic mass is 9.85. The van der Waals surface area contributed by atoms with Crippen LogP contribution in [0.3, 0.4) is 0 Å². The number of aromatic hydroxyl groups is 1. The van der Waals surface area contributed by atoms with Gasteiger partial charge < -0.3 is 9.84 Å². The van der Waals surface area contributed by atoms with E-state index in [1.165, 1.54) is 0 Å². The molecule has 0 aliphatic rings. The molecule has 0 atom stereocenters. The Hall–Kier alpha value is -1.81. The Labute approximate surface area is 158 Å². The van der Waals surface area contributed by atoms with E-state index in [9.17, 15) is 5.11 Å². The lowest BCUT2D eigenvalue weighted by molar-refractivity contribution is 0.242. The molecule has 3 nitrogen and oxygen atoms in total. The molecule has 0 bridgehead atoms. The van der Waals surface area contributed by atoms with Gasteiger partial charge >= 0.3 is 0 Å². The Balaban J connectivity index is 2.47. The fourth-order valence-corrected chi connectivity index (χ4v) is 2.93. The number of phenols is 1. The zero-order chi connectivity index (χ0) is 18.8. The number of nitrogens with zero attached hydrogens (tertiary/aromatic N) is 1. The first kappa shape index (κ1) is 19.5. The summed E-state index contributed by atoms with van der Waals surface area (Å²) in [5, 5.41) is 10.6. The summed E-state index contributed by atoms with van der Waals surface area (Å²) in [6, 6.07) is 9.72. The van der Waals surface area contributed by atoms with E-state index in [1.807, 2.05) is 51.1 Å². The minimum Gasteiger partial charge on any atom is -0.505 e. The number of ether oxygens (including phenoxy) is 1. The van der Waals surface area contributed by atoms with Crippen molar-refractivity contribution in [1.29, 1.82) is 0 Å². The van der Waals surface area contributed by atoms with Crippen molar-refractivity contribution in [3.63, 3.8) is 0 Å². The number of hydrogen-bond donors (Lipinski definition) is 1. The molecule has 0 heterocycles. The van der Waals surface area contributed by atoms with Crippen molar-refractivity contribution in [2.75, 3.05) is 0 Å². The van der Waals surface area contributed by atoms with Gasteiger partial charge in [-0.3, -0.25) is 4.99 Å². The summed E-state index contributed by atoms with van der Waals surface area (Å²) in [7, 11) is 0. The van der Waals surface area contributed by atoms with Gasteiger partial charge in [-0.1, -0.05) is 42.8 Å². The van der Waals surface area contributed by atoms with Crippen LogP contribution in [0.4, 0.5) is 5.69 Å². The van der Waals surface area contributed by atoms with Gasteiger partial charge in [-0.05, 0) is 56.0 Å². The van der Waals surface area contributed by atoms with Gasteiger partial charge in [-0.2, -0.15) is 0 Å². The van der Waals surface area contributed by atoms with Crippen molar-refractivity contribution in [3.8, 4) is 11.5 Å². The van der Waals surface area contributed by atoms with E-state index in [0.29, 0.717) is 5.69 Å². The van der Waals surface area contributed by atoms with Crippen LogP contribution in [0.15, 0.2) is 39.8 Å². The molecular formula is C21H26BrNO2. The molecule has 1 N–H and O–H groups in total. The van der Waals surface area contributed by atoms with Gasteiger partial charge in [-0.25, -0.2) is 0 Å². The van der Waals surface area contributed by atoms with Crippen LogP contribution in [0, 0.1) is 6.92 Å². The second kappa shape index (κ2) is 7.61. The minimum atomic E-state index is -0.151. The number of phenolic OH excluding ortho intramolecular Hbond substituents is 1. The molecule has 2 rings (SSSR count). The second-order valence-electron chi connectivity index (χ2n) is 7.54. The smallest absolute Gasteiger partial charge is 0.144 e. The highest BCUT2D eigenvalue weighted by atomic mass is 79.9. The first-order valence-electron chi connectivity index (χ1n) is 8.42. The largest absolute Gasteiger partial charge is 0.505 e. The molecule has 0 aromatic heterocycles. The molecular weight excluding hydrogens is 378 g/mol. The minimum absolute atomic E-state index is 0.0770. The van der Waals surface area contributed by atoms with Crippen LogP contribution >= 0.6 is 15.9 Å². The molecule has 0 saturated heterocycles. The Morgan fingerprint density at radius 3 is 2.44 bits per heavy atom. The molecule has 0 amide bonds. The Bertz CT molecular complexity index is 789. The first-order chi connectivity index (χ1) is 11.6. The quantitative estimate of drug-likeness (QED) is 0.608. The molecule has 2 aromatic carbocycles. The third-order valence-electron chi connectivity index (χ3n) is 3.72. The molecule has 0 unspecified atom stereocenters. The van der Waals surface area contributed by atoms with Crippen LogP contribution in [-0.4, -0.2) is 17.4 Å². The van der Waals surface area contributed by atoms with Crippen molar-refractivity contribution >= 4 is 27.8 Å². The first-order valence-corrected chi connectivity index (χ1v) is 9.21. The summed E-state index contributed by atoms with van der Waals surface area (Å²) in [6.07, 6.45) is 1.82. The van der Waals surface area contributed by atoms with Gasteiger partial charge in [0, 0.05) is 21.8 Å². The number of hydrogen-bond acceptors (Lipinski definition) is 3. The Morgan fingerprint density at radius 1 is 1.16 bits per heavy atom. The highest BCUT2D eigenvalue weighted by Crippen LogP contribution is 2.39. The van der Waals surface area contributed by atoms with E-state index in [0.717, 1.165) is 26.9 Å². The fraction of sp³-hybridized carbons (Fsp3) is 0.381. The van der Waals surface area contributed by atoms with E-state index in [4.69, 9.17) is 4.74 Å². The topological polar surface area (TPSA) is 41.8 Å².